The number of carbonyl (C=O) groups excluding carboxylic acids is 1. The van der Waals surface area contributed by atoms with Gasteiger partial charge in [0, 0.05) is 41.2 Å². The minimum Gasteiger partial charge on any atom is -0.391 e. The van der Waals surface area contributed by atoms with Crippen LogP contribution in [0.25, 0.3) is 16.5 Å². The van der Waals surface area contributed by atoms with Crippen LogP contribution in [0.1, 0.15) is 32.3 Å². The predicted octanol–water partition coefficient (Wildman–Crippen LogP) is 2.62. The number of fused-ring (bicyclic) bond motifs is 1. The first kappa shape index (κ1) is 17.1. The minimum atomic E-state index is -0.389. The Morgan fingerprint density at radius 3 is 2.92 bits per heavy atom. The molecule has 0 fully saturated rings. The fraction of sp³-hybridized carbons (Fsp3) is 0.316. The first-order valence-corrected chi connectivity index (χ1v) is 8.41. The number of aliphatic hydroxyl groups is 1. The lowest BCUT2D eigenvalue weighted by Gasteiger charge is -2.26. The molecule has 0 spiro atoms. The van der Waals surface area contributed by atoms with E-state index in [0.717, 1.165) is 40.5 Å². The van der Waals surface area contributed by atoms with Crippen molar-refractivity contribution in [1.29, 1.82) is 0 Å². The summed E-state index contributed by atoms with van der Waals surface area (Å²) < 4.78 is 0. The van der Waals surface area contributed by atoms with Gasteiger partial charge in [0.25, 0.3) is 0 Å². The van der Waals surface area contributed by atoms with Gasteiger partial charge in [0.15, 0.2) is 0 Å². The summed E-state index contributed by atoms with van der Waals surface area (Å²) in [7, 11) is 0. The number of nitrogens with zero attached hydrogens (tertiary/aromatic N) is 2. The van der Waals surface area contributed by atoms with Crippen LogP contribution in [-0.4, -0.2) is 33.6 Å². The van der Waals surface area contributed by atoms with Gasteiger partial charge in [-0.15, -0.1) is 0 Å². The monoisotopic (exact) mass is 338 g/mol. The number of nitrogens with one attached hydrogen (secondary N) is 2. The molecule has 1 aliphatic rings. The fourth-order valence-electron chi connectivity index (χ4n) is 3.02. The average molecular weight is 338 g/mol. The Morgan fingerprint density at radius 1 is 1.36 bits per heavy atom. The van der Waals surface area contributed by atoms with Crippen molar-refractivity contribution in [3.63, 3.8) is 0 Å². The number of anilines is 1. The SMILES string of the molecule is CCCC(O)C1C=C(C)C(c2cnc3cc(NC=O)ncc3c2)=CN1. The molecule has 3 rings (SSSR count). The van der Waals surface area contributed by atoms with E-state index in [1.165, 1.54) is 0 Å². The molecule has 2 aromatic rings. The van der Waals surface area contributed by atoms with Crippen LogP contribution in [0.2, 0.25) is 0 Å². The van der Waals surface area contributed by atoms with E-state index in [1.807, 2.05) is 19.2 Å². The second-order valence-electron chi connectivity index (χ2n) is 6.20. The summed E-state index contributed by atoms with van der Waals surface area (Å²) in [4.78, 5) is 19.2. The van der Waals surface area contributed by atoms with E-state index in [4.69, 9.17) is 0 Å². The maximum Gasteiger partial charge on any atom is 0.212 e. The van der Waals surface area contributed by atoms with Crippen molar-refractivity contribution in [2.75, 3.05) is 5.32 Å². The maximum absolute atomic E-state index is 10.5. The largest absolute Gasteiger partial charge is 0.391 e. The molecular formula is C19H22N4O2. The molecule has 2 aromatic heterocycles. The highest BCUT2D eigenvalue weighted by Crippen LogP contribution is 2.28. The number of carbonyl (C=O) groups is 1. The van der Waals surface area contributed by atoms with E-state index < -0.39 is 0 Å². The molecular weight excluding hydrogens is 316 g/mol. The zero-order valence-electron chi connectivity index (χ0n) is 14.4. The van der Waals surface area contributed by atoms with Crippen LogP contribution >= 0.6 is 0 Å². The molecule has 3 N–H and O–H groups in total. The summed E-state index contributed by atoms with van der Waals surface area (Å²) in [5, 5.41) is 16.9. The van der Waals surface area contributed by atoms with Gasteiger partial charge < -0.3 is 15.7 Å². The van der Waals surface area contributed by atoms with E-state index in [0.29, 0.717) is 12.2 Å². The number of hydrogen-bond acceptors (Lipinski definition) is 5. The summed E-state index contributed by atoms with van der Waals surface area (Å²) in [6.45, 7) is 4.10. The molecule has 0 aliphatic carbocycles. The van der Waals surface area contributed by atoms with Gasteiger partial charge in [0.05, 0.1) is 17.7 Å². The molecule has 1 amide bonds. The molecule has 25 heavy (non-hydrogen) atoms. The van der Waals surface area contributed by atoms with Crippen molar-refractivity contribution in [3.8, 4) is 0 Å². The highest BCUT2D eigenvalue weighted by molar-refractivity contribution is 5.88. The highest BCUT2D eigenvalue weighted by atomic mass is 16.3. The fourth-order valence-corrected chi connectivity index (χ4v) is 3.02. The molecule has 3 heterocycles. The second-order valence-corrected chi connectivity index (χ2v) is 6.20. The Balaban J connectivity index is 1.86. The second kappa shape index (κ2) is 7.44. The Bertz CT molecular complexity index is 844. The summed E-state index contributed by atoms with van der Waals surface area (Å²) in [6.07, 6.45) is 9.43. The van der Waals surface area contributed by atoms with Gasteiger partial charge in [-0.2, -0.15) is 0 Å². The normalized spacial score (nSPS) is 18.1. The lowest BCUT2D eigenvalue weighted by atomic mass is 9.93. The third-order valence-electron chi connectivity index (χ3n) is 4.36. The standard InChI is InChI=1S/C19H22N4O2/c1-3-4-18(25)17-5-12(2)15(10-21-17)13-6-14-9-22-19(23-11-24)7-16(14)20-8-13/h5-11,17-18,21,25H,3-4H2,1-2H3,(H,22,23,24). The van der Waals surface area contributed by atoms with Crippen LogP contribution in [0.15, 0.2) is 42.4 Å². The predicted molar refractivity (Wildman–Crippen MR) is 98.8 cm³/mol. The van der Waals surface area contributed by atoms with Gasteiger partial charge >= 0.3 is 0 Å². The third kappa shape index (κ3) is 3.69. The van der Waals surface area contributed by atoms with Crippen LogP contribution in [0, 0.1) is 0 Å². The van der Waals surface area contributed by atoms with Crippen molar-refractivity contribution in [2.45, 2.75) is 38.8 Å². The highest BCUT2D eigenvalue weighted by Gasteiger charge is 2.20. The maximum atomic E-state index is 10.5. The number of pyridine rings is 2. The molecule has 2 atom stereocenters. The zero-order chi connectivity index (χ0) is 17.8. The molecule has 0 bridgehead atoms. The Hall–Kier alpha value is -2.73. The number of aliphatic hydroxyl groups excluding tert-OH is 1. The molecule has 130 valence electrons. The molecule has 0 radical (unpaired) electrons. The number of dihydropyridines is 1. The average Bonchev–Trinajstić information content (AvgIpc) is 2.62. The van der Waals surface area contributed by atoms with Gasteiger partial charge in [-0.25, -0.2) is 4.98 Å². The van der Waals surface area contributed by atoms with E-state index in [-0.39, 0.29) is 12.1 Å². The molecule has 0 aromatic carbocycles. The van der Waals surface area contributed by atoms with Crippen LogP contribution in [-0.2, 0) is 4.79 Å². The number of aromatic nitrogens is 2. The van der Waals surface area contributed by atoms with Crippen LogP contribution in [0.3, 0.4) is 0 Å². The molecule has 2 unspecified atom stereocenters. The first-order chi connectivity index (χ1) is 12.1. The summed E-state index contributed by atoms with van der Waals surface area (Å²) >= 11 is 0. The van der Waals surface area contributed by atoms with Gasteiger partial charge in [0.2, 0.25) is 6.41 Å². The van der Waals surface area contributed by atoms with E-state index in [2.05, 4.69) is 33.6 Å². The molecule has 0 saturated carbocycles. The molecule has 1 aliphatic heterocycles. The molecule has 6 heteroatoms. The molecule has 0 saturated heterocycles. The van der Waals surface area contributed by atoms with E-state index in [1.54, 1.807) is 18.5 Å². The Kier molecular flexibility index (Phi) is 5.09. The van der Waals surface area contributed by atoms with Crippen molar-refractivity contribution in [1.82, 2.24) is 15.3 Å². The van der Waals surface area contributed by atoms with Gasteiger partial charge in [-0.1, -0.05) is 19.4 Å². The smallest absolute Gasteiger partial charge is 0.212 e. The van der Waals surface area contributed by atoms with Crippen LogP contribution < -0.4 is 10.6 Å². The summed E-state index contributed by atoms with van der Waals surface area (Å²) in [5.41, 5.74) is 3.90. The number of amides is 1. The van der Waals surface area contributed by atoms with Crippen molar-refractivity contribution < 1.29 is 9.90 Å². The Labute approximate surface area is 146 Å². The van der Waals surface area contributed by atoms with Crippen molar-refractivity contribution >= 4 is 28.7 Å². The van der Waals surface area contributed by atoms with Gasteiger partial charge in [0.1, 0.15) is 5.82 Å². The van der Waals surface area contributed by atoms with Gasteiger partial charge in [-0.3, -0.25) is 9.78 Å². The van der Waals surface area contributed by atoms with E-state index in [9.17, 15) is 9.90 Å². The number of hydrogen-bond donors (Lipinski definition) is 3. The summed E-state index contributed by atoms with van der Waals surface area (Å²) in [6, 6.07) is 3.70. The lowest BCUT2D eigenvalue weighted by Crippen LogP contribution is -2.37. The topological polar surface area (TPSA) is 87.1 Å². The zero-order valence-corrected chi connectivity index (χ0v) is 14.4. The molecule has 6 nitrogen and oxygen atoms in total. The lowest BCUT2D eigenvalue weighted by molar-refractivity contribution is -0.105. The van der Waals surface area contributed by atoms with Crippen LogP contribution in [0.5, 0.6) is 0 Å². The summed E-state index contributed by atoms with van der Waals surface area (Å²) in [5.74, 6) is 0.477. The third-order valence-corrected chi connectivity index (χ3v) is 4.36. The number of allylic oxidation sites excluding steroid dienone is 2. The van der Waals surface area contributed by atoms with Crippen molar-refractivity contribution in [2.24, 2.45) is 0 Å². The van der Waals surface area contributed by atoms with Crippen LogP contribution in [0.4, 0.5) is 5.82 Å². The minimum absolute atomic E-state index is 0.0595. The van der Waals surface area contributed by atoms with E-state index >= 15 is 0 Å². The van der Waals surface area contributed by atoms with Gasteiger partial charge in [-0.05, 0) is 25.0 Å². The first-order valence-electron chi connectivity index (χ1n) is 8.41. The quantitative estimate of drug-likeness (QED) is 0.705. The number of rotatable bonds is 6. The van der Waals surface area contributed by atoms with Crippen molar-refractivity contribution in [3.05, 3.63) is 47.9 Å². The Morgan fingerprint density at radius 2 is 2.20 bits per heavy atom.